The van der Waals surface area contributed by atoms with Gasteiger partial charge < -0.3 is 0 Å². The minimum Gasteiger partial charge on any atom is -0.277 e. The highest BCUT2D eigenvalue weighted by atomic mass is 32.9. The predicted octanol–water partition coefficient (Wildman–Crippen LogP) is 2.12. The first kappa shape index (κ1) is 6.96. The van der Waals surface area contributed by atoms with Gasteiger partial charge in [-0.05, 0) is 16.8 Å². The molecule has 0 radical (unpaired) electrons. The van der Waals surface area contributed by atoms with E-state index in [-0.39, 0.29) is 4.74 Å². The fourth-order valence-electron chi connectivity index (χ4n) is 0.634. The van der Waals surface area contributed by atoms with E-state index in [1.807, 2.05) is 0 Å². The molecule has 0 saturated carbocycles. The molecule has 1 rings (SSSR count). The molecule has 0 aliphatic rings. The topological polar surface area (TPSA) is 17.1 Å². The van der Waals surface area contributed by atoms with Gasteiger partial charge in [-0.1, -0.05) is 23.7 Å². The highest BCUT2D eigenvalue weighted by Gasteiger charge is 1.93. The average Bonchev–Trinajstić information content (AvgIpc) is 2.17. The first-order valence-electron chi connectivity index (χ1n) is 2.92. The molecule has 0 atom stereocenters. The Bertz CT molecular complexity index is 223. The largest absolute Gasteiger partial charge is 0.277 e. The van der Waals surface area contributed by atoms with Crippen LogP contribution in [0.15, 0.2) is 10.9 Å². The van der Waals surface area contributed by atoms with Crippen molar-refractivity contribution in [2.75, 3.05) is 0 Å². The molecular formula is C6H8OS2. The van der Waals surface area contributed by atoms with E-state index in [1.165, 1.54) is 15.2 Å². The lowest BCUT2D eigenvalue weighted by atomic mass is 10.3. The quantitative estimate of drug-likeness (QED) is 0.606. The van der Waals surface area contributed by atoms with E-state index in [0.717, 1.165) is 12.8 Å². The van der Waals surface area contributed by atoms with Crippen LogP contribution in [0.2, 0.25) is 0 Å². The van der Waals surface area contributed by atoms with E-state index < -0.39 is 0 Å². The lowest BCUT2D eigenvalue weighted by Gasteiger charge is -1.84. The SMILES string of the molecule is CCCc1cc(=O)ss1. The number of rotatable bonds is 2. The van der Waals surface area contributed by atoms with Crippen LogP contribution in [-0.2, 0) is 6.42 Å². The average molecular weight is 160 g/mol. The molecule has 0 spiro atoms. The maximum atomic E-state index is 10.6. The fraction of sp³-hybridized carbons (Fsp3) is 0.500. The van der Waals surface area contributed by atoms with Crippen molar-refractivity contribution in [3.63, 3.8) is 0 Å². The van der Waals surface area contributed by atoms with Gasteiger partial charge in [-0.2, -0.15) is 0 Å². The van der Waals surface area contributed by atoms with Gasteiger partial charge in [-0.25, -0.2) is 0 Å². The molecule has 0 N–H and O–H groups in total. The van der Waals surface area contributed by atoms with E-state index in [2.05, 4.69) is 6.92 Å². The fourth-order valence-corrected chi connectivity index (χ4v) is 2.64. The highest BCUT2D eigenvalue weighted by molar-refractivity contribution is 7.68. The minimum absolute atomic E-state index is 0.198. The van der Waals surface area contributed by atoms with Crippen LogP contribution in [0.4, 0.5) is 0 Å². The van der Waals surface area contributed by atoms with Crippen LogP contribution >= 0.6 is 20.7 Å². The van der Waals surface area contributed by atoms with E-state index in [9.17, 15) is 4.79 Å². The second kappa shape index (κ2) is 3.13. The molecule has 1 aromatic heterocycles. The van der Waals surface area contributed by atoms with Gasteiger partial charge in [0, 0.05) is 10.9 Å². The molecule has 50 valence electrons. The van der Waals surface area contributed by atoms with Crippen molar-refractivity contribution < 1.29 is 0 Å². The van der Waals surface area contributed by atoms with Crippen molar-refractivity contribution in [1.29, 1.82) is 0 Å². The van der Waals surface area contributed by atoms with Crippen molar-refractivity contribution in [3.8, 4) is 0 Å². The first-order chi connectivity index (χ1) is 4.33. The van der Waals surface area contributed by atoms with Gasteiger partial charge in [-0.15, -0.1) is 0 Å². The molecular weight excluding hydrogens is 152 g/mol. The minimum atomic E-state index is 0.198. The lowest BCUT2D eigenvalue weighted by molar-refractivity contribution is 0.939. The van der Waals surface area contributed by atoms with Crippen LogP contribution in [0.25, 0.3) is 0 Å². The van der Waals surface area contributed by atoms with Crippen LogP contribution in [0.3, 0.4) is 0 Å². The van der Waals surface area contributed by atoms with Gasteiger partial charge in [-0.3, -0.25) is 4.79 Å². The molecule has 0 bridgehead atoms. The van der Waals surface area contributed by atoms with Crippen LogP contribution < -0.4 is 4.74 Å². The van der Waals surface area contributed by atoms with E-state index in [1.54, 1.807) is 16.4 Å². The third-order valence-electron chi connectivity index (χ3n) is 1.01. The molecule has 1 aromatic rings. The maximum Gasteiger partial charge on any atom is 0.243 e. The summed E-state index contributed by atoms with van der Waals surface area (Å²) in [5, 5.41) is 0. The zero-order valence-corrected chi connectivity index (χ0v) is 6.85. The third-order valence-corrected chi connectivity index (χ3v) is 3.29. The van der Waals surface area contributed by atoms with Crippen molar-refractivity contribution in [2.24, 2.45) is 0 Å². The summed E-state index contributed by atoms with van der Waals surface area (Å²) in [4.78, 5) is 11.8. The molecule has 1 heterocycles. The highest BCUT2D eigenvalue weighted by Crippen LogP contribution is 2.11. The molecule has 3 heteroatoms. The number of hydrogen-bond donors (Lipinski definition) is 0. The lowest BCUT2D eigenvalue weighted by Crippen LogP contribution is -1.83. The molecule has 0 aliphatic heterocycles. The zero-order chi connectivity index (χ0) is 6.69. The van der Waals surface area contributed by atoms with Crippen molar-refractivity contribution in [2.45, 2.75) is 19.8 Å². The van der Waals surface area contributed by atoms with Crippen molar-refractivity contribution in [3.05, 3.63) is 20.5 Å². The molecule has 9 heavy (non-hydrogen) atoms. The molecule has 0 saturated heterocycles. The maximum absolute atomic E-state index is 10.6. The molecule has 1 nitrogen and oxygen atoms in total. The predicted molar refractivity (Wildman–Crippen MR) is 42.5 cm³/mol. The van der Waals surface area contributed by atoms with E-state index in [0.29, 0.717) is 0 Å². The van der Waals surface area contributed by atoms with Gasteiger partial charge in [0.2, 0.25) is 4.74 Å². The van der Waals surface area contributed by atoms with Gasteiger partial charge >= 0.3 is 0 Å². The zero-order valence-electron chi connectivity index (χ0n) is 5.22. The number of hydrogen-bond acceptors (Lipinski definition) is 3. The molecule has 0 unspecified atom stereocenters. The Kier molecular flexibility index (Phi) is 2.42. The summed E-state index contributed by atoms with van der Waals surface area (Å²) in [6, 6.07) is 1.73. The summed E-state index contributed by atoms with van der Waals surface area (Å²) in [6.45, 7) is 2.12. The smallest absolute Gasteiger partial charge is 0.243 e. The van der Waals surface area contributed by atoms with E-state index in [4.69, 9.17) is 0 Å². The second-order valence-electron chi connectivity index (χ2n) is 1.85. The molecule has 0 aromatic carbocycles. The third kappa shape index (κ3) is 1.91. The van der Waals surface area contributed by atoms with Crippen molar-refractivity contribution >= 4 is 20.7 Å². The summed E-state index contributed by atoms with van der Waals surface area (Å²) < 4.78 is 0.198. The first-order valence-corrected chi connectivity index (χ1v) is 5.07. The monoisotopic (exact) mass is 160 g/mol. The Labute approximate surface area is 61.4 Å². The Morgan fingerprint density at radius 2 is 2.33 bits per heavy atom. The van der Waals surface area contributed by atoms with Crippen LogP contribution in [-0.4, -0.2) is 0 Å². The molecule has 0 aliphatic carbocycles. The van der Waals surface area contributed by atoms with Gasteiger partial charge in [0.15, 0.2) is 0 Å². The summed E-state index contributed by atoms with van der Waals surface area (Å²) in [5.41, 5.74) is 0. The van der Waals surface area contributed by atoms with E-state index >= 15 is 0 Å². The van der Waals surface area contributed by atoms with Crippen LogP contribution in [0, 0.1) is 0 Å². The summed E-state index contributed by atoms with van der Waals surface area (Å²) in [5.74, 6) is 0. The Morgan fingerprint density at radius 1 is 1.56 bits per heavy atom. The normalized spacial score (nSPS) is 9.89. The summed E-state index contributed by atoms with van der Waals surface area (Å²) in [6.07, 6.45) is 2.19. The van der Waals surface area contributed by atoms with Gasteiger partial charge in [0.1, 0.15) is 0 Å². The number of aryl methyl sites for hydroxylation is 1. The molecule has 0 fully saturated rings. The summed E-state index contributed by atoms with van der Waals surface area (Å²) >= 11 is 0. The standard InChI is InChI=1S/C6H8OS2/c1-2-3-5-4-6(7)9-8-5/h4H,2-3H2,1H3. The van der Waals surface area contributed by atoms with Crippen LogP contribution in [0.1, 0.15) is 18.2 Å². The Morgan fingerprint density at radius 3 is 2.78 bits per heavy atom. The van der Waals surface area contributed by atoms with Gasteiger partial charge in [0.25, 0.3) is 0 Å². The summed E-state index contributed by atoms with van der Waals surface area (Å²) in [7, 11) is 2.93. The second-order valence-corrected chi connectivity index (χ2v) is 4.11. The molecule has 0 amide bonds. The van der Waals surface area contributed by atoms with Gasteiger partial charge in [0.05, 0.1) is 0 Å². The van der Waals surface area contributed by atoms with Crippen molar-refractivity contribution in [1.82, 2.24) is 0 Å². The Hall–Kier alpha value is -0.150. The Balaban J connectivity index is 2.73. The van der Waals surface area contributed by atoms with Crippen LogP contribution in [0.5, 0.6) is 0 Å².